The van der Waals surface area contributed by atoms with Gasteiger partial charge in [-0.2, -0.15) is 5.26 Å². The molecule has 0 radical (unpaired) electrons. The molecule has 0 saturated carbocycles. The lowest BCUT2D eigenvalue weighted by Gasteiger charge is -2.09. The number of benzene rings is 2. The summed E-state index contributed by atoms with van der Waals surface area (Å²) in [5.74, 6) is -0.949. The molecular weight excluding hydrogens is 337 g/mol. The Hall–Kier alpha value is -3.40. The van der Waals surface area contributed by atoms with Crippen molar-refractivity contribution in [1.82, 2.24) is 10.6 Å². The molecule has 2 aromatic rings. The van der Waals surface area contributed by atoms with Crippen LogP contribution in [0.1, 0.15) is 15.9 Å². The minimum atomic E-state index is -0.594. The Labute approximate surface area is 150 Å². The maximum absolute atomic E-state index is 13.4. The van der Waals surface area contributed by atoms with E-state index in [9.17, 15) is 14.0 Å². The zero-order chi connectivity index (χ0) is 18.8. The lowest BCUT2D eigenvalue weighted by molar-refractivity contribution is -0.123. The van der Waals surface area contributed by atoms with Crippen molar-refractivity contribution < 1.29 is 18.7 Å². The van der Waals surface area contributed by atoms with Gasteiger partial charge in [0.2, 0.25) is 0 Å². The highest BCUT2D eigenvalue weighted by Gasteiger charge is 2.10. The second-order valence-corrected chi connectivity index (χ2v) is 5.35. The maximum atomic E-state index is 13.4. The molecule has 2 aromatic carbocycles. The standard InChI is InChI=1S/C19H18FN3O3/c20-17-4-2-1-3-16(17)19(25)23-12-11-22-18(24)13-26-15-7-5-14(6-8-15)9-10-21/h1-8H,9,11-13H2,(H,22,24)(H,23,25). The van der Waals surface area contributed by atoms with E-state index in [1.807, 2.05) is 6.07 Å². The second-order valence-electron chi connectivity index (χ2n) is 5.35. The van der Waals surface area contributed by atoms with Crippen LogP contribution in [0.2, 0.25) is 0 Å². The normalized spacial score (nSPS) is 9.85. The highest BCUT2D eigenvalue weighted by molar-refractivity contribution is 5.94. The lowest BCUT2D eigenvalue weighted by atomic mass is 10.2. The summed E-state index contributed by atoms with van der Waals surface area (Å²) in [6.07, 6.45) is 0.319. The molecule has 0 heterocycles. The first-order valence-corrected chi connectivity index (χ1v) is 7.98. The molecule has 0 atom stereocenters. The first kappa shape index (κ1) is 18.9. The molecule has 0 aliphatic rings. The van der Waals surface area contributed by atoms with E-state index >= 15 is 0 Å². The van der Waals surface area contributed by atoms with Gasteiger partial charge in [0.1, 0.15) is 11.6 Å². The van der Waals surface area contributed by atoms with Crippen LogP contribution in [0.5, 0.6) is 5.75 Å². The van der Waals surface area contributed by atoms with E-state index in [0.717, 1.165) is 5.56 Å². The van der Waals surface area contributed by atoms with Gasteiger partial charge < -0.3 is 15.4 Å². The molecule has 26 heavy (non-hydrogen) atoms. The smallest absolute Gasteiger partial charge is 0.258 e. The minimum Gasteiger partial charge on any atom is -0.484 e. The molecule has 0 bridgehead atoms. The number of carbonyl (C=O) groups excluding carboxylic acids is 2. The van der Waals surface area contributed by atoms with Crippen molar-refractivity contribution in [2.24, 2.45) is 0 Å². The fourth-order valence-electron chi connectivity index (χ4n) is 2.11. The highest BCUT2D eigenvalue weighted by Crippen LogP contribution is 2.12. The number of rotatable bonds is 8. The fraction of sp³-hybridized carbons (Fsp3) is 0.211. The first-order valence-electron chi connectivity index (χ1n) is 7.98. The summed E-state index contributed by atoms with van der Waals surface area (Å²) >= 11 is 0. The number of carbonyl (C=O) groups is 2. The summed E-state index contributed by atoms with van der Waals surface area (Å²) in [7, 11) is 0. The Bertz CT molecular complexity index is 800. The maximum Gasteiger partial charge on any atom is 0.258 e. The summed E-state index contributed by atoms with van der Waals surface area (Å²) in [6.45, 7) is 0.199. The van der Waals surface area contributed by atoms with Crippen LogP contribution in [-0.4, -0.2) is 31.5 Å². The number of nitrogens with one attached hydrogen (secondary N) is 2. The molecule has 0 fully saturated rings. The highest BCUT2D eigenvalue weighted by atomic mass is 19.1. The van der Waals surface area contributed by atoms with Crippen LogP contribution in [0.4, 0.5) is 4.39 Å². The molecule has 0 aliphatic carbocycles. The molecule has 0 spiro atoms. The molecule has 0 aromatic heterocycles. The number of hydrogen-bond acceptors (Lipinski definition) is 4. The van der Waals surface area contributed by atoms with E-state index in [0.29, 0.717) is 12.2 Å². The minimum absolute atomic E-state index is 0.0398. The van der Waals surface area contributed by atoms with Crippen molar-refractivity contribution in [3.05, 3.63) is 65.5 Å². The van der Waals surface area contributed by atoms with Gasteiger partial charge in [-0.25, -0.2) is 4.39 Å². The molecule has 0 aliphatic heterocycles. The monoisotopic (exact) mass is 355 g/mol. The number of halogens is 1. The predicted molar refractivity (Wildman–Crippen MR) is 93.0 cm³/mol. The molecule has 0 unspecified atom stereocenters. The summed E-state index contributed by atoms with van der Waals surface area (Å²) < 4.78 is 18.8. The average molecular weight is 355 g/mol. The Morgan fingerprint density at radius 3 is 2.42 bits per heavy atom. The molecule has 2 rings (SSSR count). The van der Waals surface area contributed by atoms with E-state index in [2.05, 4.69) is 10.6 Å². The van der Waals surface area contributed by atoms with Crippen molar-refractivity contribution in [2.45, 2.75) is 6.42 Å². The first-order chi connectivity index (χ1) is 12.6. The van der Waals surface area contributed by atoms with Crippen LogP contribution >= 0.6 is 0 Å². The fourth-order valence-corrected chi connectivity index (χ4v) is 2.11. The zero-order valence-electron chi connectivity index (χ0n) is 14.0. The third-order valence-corrected chi connectivity index (χ3v) is 3.43. The molecule has 134 valence electrons. The zero-order valence-corrected chi connectivity index (χ0v) is 14.0. The Balaban J connectivity index is 1.65. The van der Waals surface area contributed by atoms with Gasteiger partial charge in [0.15, 0.2) is 6.61 Å². The predicted octanol–water partition coefficient (Wildman–Crippen LogP) is 1.82. The summed E-state index contributed by atoms with van der Waals surface area (Å²) in [6, 6.07) is 14.6. The molecule has 0 saturated heterocycles. The molecule has 7 heteroatoms. The van der Waals surface area contributed by atoms with Crippen molar-refractivity contribution in [3.8, 4) is 11.8 Å². The van der Waals surface area contributed by atoms with Gasteiger partial charge in [-0.05, 0) is 29.8 Å². The van der Waals surface area contributed by atoms with Gasteiger partial charge in [0.25, 0.3) is 11.8 Å². The second kappa shape index (κ2) is 9.79. The Morgan fingerprint density at radius 1 is 1.04 bits per heavy atom. The van der Waals surface area contributed by atoms with Crippen molar-refractivity contribution in [2.75, 3.05) is 19.7 Å². The van der Waals surface area contributed by atoms with Gasteiger partial charge in [-0.1, -0.05) is 24.3 Å². The van der Waals surface area contributed by atoms with Crippen LogP contribution in [0.15, 0.2) is 48.5 Å². The summed E-state index contributed by atoms with van der Waals surface area (Å²) in [4.78, 5) is 23.5. The van der Waals surface area contributed by atoms with Crippen LogP contribution in [0.3, 0.4) is 0 Å². The molecule has 2 amide bonds. The molecule has 6 nitrogen and oxygen atoms in total. The number of nitriles is 1. The number of amides is 2. The topological polar surface area (TPSA) is 91.2 Å². The van der Waals surface area contributed by atoms with E-state index in [4.69, 9.17) is 10.00 Å². The van der Waals surface area contributed by atoms with Crippen LogP contribution < -0.4 is 15.4 Å². The largest absolute Gasteiger partial charge is 0.484 e. The van der Waals surface area contributed by atoms with Crippen molar-refractivity contribution in [3.63, 3.8) is 0 Å². The van der Waals surface area contributed by atoms with E-state index in [1.165, 1.54) is 18.2 Å². The SMILES string of the molecule is N#CCc1ccc(OCC(=O)NCCNC(=O)c2ccccc2F)cc1. The summed E-state index contributed by atoms with van der Waals surface area (Å²) in [5, 5.41) is 13.7. The third kappa shape index (κ3) is 5.91. The van der Waals surface area contributed by atoms with Crippen LogP contribution in [0.25, 0.3) is 0 Å². The van der Waals surface area contributed by atoms with Crippen LogP contribution in [0, 0.1) is 17.1 Å². The van der Waals surface area contributed by atoms with E-state index in [-0.39, 0.29) is 31.2 Å². The Morgan fingerprint density at radius 2 is 1.73 bits per heavy atom. The van der Waals surface area contributed by atoms with Crippen molar-refractivity contribution in [1.29, 1.82) is 5.26 Å². The lowest BCUT2D eigenvalue weighted by Crippen LogP contribution is -2.37. The van der Waals surface area contributed by atoms with Gasteiger partial charge in [0.05, 0.1) is 18.1 Å². The third-order valence-electron chi connectivity index (χ3n) is 3.43. The van der Waals surface area contributed by atoms with E-state index in [1.54, 1.807) is 30.3 Å². The van der Waals surface area contributed by atoms with Gasteiger partial charge in [-0.3, -0.25) is 9.59 Å². The summed E-state index contributed by atoms with van der Waals surface area (Å²) in [5.41, 5.74) is 0.830. The number of ether oxygens (including phenoxy) is 1. The number of hydrogen-bond donors (Lipinski definition) is 2. The van der Waals surface area contributed by atoms with Gasteiger partial charge in [0, 0.05) is 13.1 Å². The molecular formula is C19H18FN3O3. The van der Waals surface area contributed by atoms with Gasteiger partial charge in [-0.15, -0.1) is 0 Å². The average Bonchev–Trinajstić information content (AvgIpc) is 2.65. The van der Waals surface area contributed by atoms with Gasteiger partial charge >= 0.3 is 0 Å². The molecule has 2 N–H and O–H groups in total. The van der Waals surface area contributed by atoms with E-state index < -0.39 is 11.7 Å². The van der Waals surface area contributed by atoms with Crippen LogP contribution in [-0.2, 0) is 11.2 Å². The Kier molecular flexibility index (Phi) is 7.13. The van der Waals surface area contributed by atoms with Crippen molar-refractivity contribution >= 4 is 11.8 Å². The quantitative estimate of drug-likeness (QED) is 0.707. The number of nitrogens with zero attached hydrogens (tertiary/aromatic N) is 1.